The van der Waals surface area contributed by atoms with Crippen LogP contribution >= 0.6 is 11.5 Å². The van der Waals surface area contributed by atoms with Crippen molar-refractivity contribution in [2.24, 2.45) is 0 Å². The minimum absolute atomic E-state index is 0.105. The normalized spacial score (nSPS) is 11.2. The molecular formula is C10H8F3N5OS. The molecule has 1 heterocycles. The molecule has 0 unspecified atom stereocenters. The minimum Gasteiger partial charge on any atom is -0.388 e. The van der Waals surface area contributed by atoms with E-state index in [1.54, 1.807) is 0 Å². The summed E-state index contributed by atoms with van der Waals surface area (Å²) < 4.78 is 42.0. The SMILES string of the molecule is CNc1ccc(C(=O)Nc2nnns2)cc1C(F)(F)F. The summed E-state index contributed by atoms with van der Waals surface area (Å²) >= 11 is 0.825. The number of carbonyl (C=O) groups excluding carboxylic acids is 1. The van der Waals surface area contributed by atoms with Crippen molar-refractivity contribution in [3.05, 3.63) is 29.3 Å². The Labute approximate surface area is 115 Å². The molecule has 2 N–H and O–H groups in total. The number of nitrogens with one attached hydrogen (secondary N) is 2. The Morgan fingerprint density at radius 3 is 2.65 bits per heavy atom. The lowest BCUT2D eigenvalue weighted by Gasteiger charge is -2.13. The van der Waals surface area contributed by atoms with Crippen molar-refractivity contribution in [2.75, 3.05) is 17.7 Å². The molecule has 6 nitrogen and oxygen atoms in total. The quantitative estimate of drug-likeness (QED) is 0.909. The van der Waals surface area contributed by atoms with Crippen molar-refractivity contribution in [1.29, 1.82) is 0 Å². The first kappa shape index (κ1) is 14.2. The molecule has 1 aromatic heterocycles. The first-order chi connectivity index (χ1) is 9.41. The predicted molar refractivity (Wildman–Crippen MR) is 66.6 cm³/mol. The van der Waals surface area contributed by atoms with Crippen LogP contribution in [0, 0.1) is 0 Å². The Bertz CT molecular complexity index is 614. The molecule has 10 heteroatoms. The summed E-state index contributed by atoms with van der Waals surface area (Å²) in [5.74, 6) is -0.711. The van der Waals surface area contributed by atoms with Gasteiger partial charge in [-0.3, -0.25) is 10.1 Å². The Kier molecular flexibility index (Phi) is 3.84. The topological polar surface area (TPSA) is 79.8 Å². The van der Waals surface area contributed by atoms with Crippen molar-refractivity contribution >= 4 is 28.3 Å². The van der Waals surface area contributed by atoms with Gasteiger partial charge in [-0.1, -0.05) is 9.59 Å². The molecule has 0 aliphatic carbocycles. The van der Waals surface area contributed by atoms with Crippen LogP contribution in [0.25, 0.3) is 0 Å². The van der Waals surface area contributed by atoms with Gasteiger partial charge in [0.1, 0.15) is 0 Å². The van der Waals surface area contributed by atoms with Gasteiger partial charge in [-0.2, -0.15) is 13.2 Å². The van der Waals surface area contributed by atoms with Crippen molar-refractivity contribution in [1.82, 2.24) is 14.8 Å². The molecule has 106 valence electrons. The van der Waals surface area contributed by atoms with Gasteiger partial charge in [-0.05, 0) is 23.4 Å². The third kappa shape index (κ3) is 3.02. The Morgan fingerprint density at radius 1 is 1.35 bits per heavy atom. The van der Waals surface area contributed by atoms with Crippen LogP contribution in [0.15, 0.2) is 18.2 Å². The third-order valence-corrected chi connectivity index (χ3v) is 2.89. The molecule has 0 spiro atoms. The lowest BCUT2D eigenvalue weighted by Crippen LogP contribution is -2.15. The van der Waals surface area contributed by atoms with E-state index in [1.165, 1.54) is 19.2 Å². The highest BCUT2D eigenvalue weighted by Crippen LogP contribution is 2.35. The molecule has 0 saturated heterocycles. The van der Waals surface area contributed by atoms with Crippen LogP contribution in [0.3, 0.4) is 0 Å². The number of nitrogens with zero attached hydrogens (tertiary/aromatic N) is 3. The van der Waals surface area contributed by atoms with Crippen LogP contribution in [-0.4, -0.2) is 27.8 Å². The molecular weight excluding hydrogens is 295 g/mol. The summed E-state index contributed by atoms with van der Waals surface area (Å²) in [7, 11) is 1.37. The number of rotatable bonds is 3. The van der Waals surface area contributed by atoms with Crippen LogP contribution in [0.4, 0.5) is 24.0 Å². The number of alkyl halides is 3. The highest BCUT2D eigenvalue weighted by Gasteiger charge is 2.34. The molecule has 2 aromatic rings. The van der Waals surface area contributed by atoms with Gasteiger partial charge in [0.25, 0.3) is 5.91 Å². The fraction of sp³-hybridized carbons (Fsp3) is 0.200. The Balaban J connectivity index is 2.31. The number of hydrogen-bond acceptors (Lipinski definition) is 6. The van der Waals surface area contributed by atoms with E-state index >= 15 is 0 Å². The number of benzene rings is 1. The van der Waals surface area contributed by atoms with E-state index in [0.717, 1.165) is 17.6 Å². The number of amides is 1. The summed E-state index contributed by atoms with van der Waals surface area (Å²) in [5.41, 5.74) is -1.15. The van der Waals surface area contributed by atoms with Gasteiger partial charge >= 0.3 is 6.18 Å². The van der Waals surface area contributed by atoms with Crippen LogP contribution in [0.1, 0.15) is 15.9 Å². The average molecular weight is 303 g/mol. The molecule has 0 saturated carbocycles. The van der Waals surface area contributed by atoms with Gasteiger partial charge in [0, 0.05) is 29.8 Å². The van der Waals surface area contributed by atoms with E-state index in [4.69, 9.17) is 0 Å². The Morgan fingerprint density at radius 2 is 2.10 bits per heavy atom. The second kappa shape index (κ2) is 5.41. The smallest absolute Gasteiger partial charge is 0.388 e. The van der Waals surface area contributed by atoms with Crippen molar-refractivity contribution < 1.29 is 18.0 Å². The van der Waals surface area contributed by atoms with Crippen molar-refractivity contribution in [3.8, 4) is 0 Å². The first-order valence-corrected chi connectivity index (χ1v) is 6.04. The fourth-order valence-electron chi connectivity index (χ4n) is 1.49. The lowest BCUT2D eigenvalue weighted by molar-refractivity contribution is -0.136. The molecule has 1 aromatic carbocycles. The maximum absolute atomic E-state index is 12.9. The summed E-state index contributed by atoms with van der Waals surface area (Å²) in [4.78, 5) is 11.8. The van der Waals surface area contributed by atoms with E-state index in [9.17, 15) is 18.0 Å². The number of halogens is 3. The van der Waals surface area contributed by atoms with E-state index in [1.807, 2.05) is 0 Å². The van der Waals surface area contributed by atoms with Gasteiger partial charge in [0.2, 0.25) is 5.13 Å². The fourth-order valence-corrected chi connectivity index (χ4v) is 1.85. The van der Waals surface area contributed by atoms with E-state index in [-0.39, 0.29) is 16.4 Å². The number of anilines is 2. The molecule has 0 aliphatic rings. The number of hydrogen-bond donors (Lipinski definition) is 2. The number of carbonyl (C=O) groups is 1. The number of aromatic nitrogens is 3. The molecule has 0 atom stereocenters. The summed E-state index contributed by atoms with van der Waals surface area (Å²) in [6.45, 7) is 0. The summed E-state index contributed by atoms with van der Waals surface area (Å²) in [6.07, 6.45) is -4.56. The first-order valence-electron chi connectivity index (χ1n) is 5.27. The zero-order valence-corrected chi connectivity index (χ0v) is 10.8. The zero-order valence-electron chi connectivity index (χ0n) is 10.0. The monoisotopic (exact) mass is 303 g/mol. The van der Waals surface area contributed by atoms with Gasteiger partial charge in [-0.15, -0.1) is 0 Å². The maximum atomic E-state index is 12.9. The van der Waals surface area contributed by atoms with Gasteiger partial charge in [0.05, 0.1) is 5.56 Å². The third-order valence-electron chi connectivity index (χ3n) is 2.38. The van der Waals surface area contributed by atoms with Crippen LogP contribution in [-0.2, 0) is 6.18 Å². The van der Waals surface area contributed by atoms with Crippen LogP contribution < -0.4 is 10.6 Å². The molecule has 0 aliphatic heterocycles. The largest absolute Gasteiger partial charge is 0.418 e. The van der Waals surface area contributed by atoms with Crippen LogP contribution in [0.2, 0.25) is 0 Å². The molecule has 0 bridgehead atoms. The lowest BCUT2D eigenvalue weighted by atomic mass is 10.1. The summed E-state index contributed by atoms with van der Waals surface area (Å²) in [6, 6.07) is 3.25. The highest BCUT2D eigenvalue weighted by molar-refractivity contribution is 7.09. The molecule has 0 fully saturated rings. The van der Waals surface area contributed by atoms with Crippen molar-refractivity contribution in [2.45, 2.75) is 6.18 Å². The van der Waals surface area contributed by atoms with E-state index in [0.29, 0.717) is 0 Å². The predicted octanol–water partition coefficient (Wildman–Crippen LogP) is 2.25. The van der Waals surface area contributed by atoms with Crippen molar-refractivity contribution in [3.63, 3.8) is 0 Å². The zero-order chi connectivity index (χ0) is 14.8. The average Bonchev–Trinajstić information content (AvgIpc) is 2.89. The maximum Gasteiger partial charge on any atom is 0.418 e. The van der Waals surface area contributed by atoms with E-state index in [2.05, 4.69) is 25.4 Å². The second-order valence-electron chi connectivity index (χ2n) is 3.63. The molecule has 0 radical (unpaired) electrons. The van der Waals surface area contributed by atoms with Crippen LogP contribution in [0.5, 0.6) is 0 Å². The highest BCUT2D eigenvalue weighted by atomic mass is 32.1. The summed E-state index contributed by atoms with van der Waals surface area (Å²) in [5, 5.41) is 11.6. The Hall–Kier alpha value is -2.23. The molecule has 2 rings (SSSR count). The molecule has 20 heavy (non-hydrogen) atoms. The molecule has 1 amide bonds. The second-order valence-corrected chi connectivity index (χ2v) is 4.36. The van der Waals surface area contributed by atoms with Gasteiger partial charge in [-0.25, -0.2) is 0 Å². The van der Waals surface area contributed by atoms with E-state index < -0.39 is 17.6 Å². The van der Waals surface area contributed by atoms with Gasteiger partial charge in [0.15, 0.2) is 0 Å². The minimum atomic E-state index is -4.56. The standard InChI is InChI=1S/C10H8F3N5OS/c1-14-7-3-2-5(4-6(7)10(11,12)13)8(19)15-9-16-17-18-20-9/h2-4,14H,1H3,(H,15,16,18,19). The van der Waals surface area contributed by atoms with Gasteiger partial charge < -0.3 is 5.32 Å².